The second-order valence-electron chi connectivity index (χ2n) is 18.0. The topological polar surface area (TPSA) is 419 Å². The molecule has 0 saturated heterocycles. The Bertz CT molecular complexity index is 2570. The lowest BCUT2D eigenvalue weighted by atomic mass is 10.0. The highest BCUT2D eigenvalue weighted by atomic mass is 16.4. The fourth-order valence-electron chi connectivity index (χ4n) is 8.09. The smallest absolute Gasteiger partial charge is 0.303 e. The van der Waals surface area contributed by atoms with Gasteiger partial charge in [0.15, 0.2) is 5.96 Å². The largest absolute Gasteiger partial charge is 0.481 e. The van der Waals surface area contributed by atoms with Gasteiger partial charge in [0.25, 0.3) is 0 Å². The van der Waals surface area contributed by atoms with Gasteiger partial charge in [0.05, 0.1) is 6.33 Å². The van der Waals surface area contributed by atoms with Crippen LogP contribution in [0.5, 0.6) is 0 Å². The van der Waals surface area contributed by atoms with Gasteiger partial charge in [-0.25, -0.2) is 4.98 Å². The standard InChI is InChI=1S/C50H71N15O10/c1-3-4-15-36(59-29(2)66)44(70)62-38(19-20-42(67)68)46(72)65-41(25-32-27-55-28-58-32)49(75)63-39(23-30-12-6-5-7-13-30)47(73)61-37(18-11-22-56-50(53)54)45(71)64-40(48(74)60-35(43(52)69)17-10-21-51)24-31-26-57-34-16-9-8-14-33(31)34/h5-9,12-14,16,26-28,35-41,57H,3-4,10-11,15,17-25,51H2,1-2H3,(H2,52,69)(H,55,58)(H,59,66)(H,60,74)(H,61,73)(H,62,70)(H,63,75)(H,64,71)(H,65,72)(H,67,68)(H4,53,54,56)/t35-,36-,37-,38-,39+,40-,41-/m0/s1. The van der Waals surface area contributed by atoms with Crippen LogP contribution in [0.25, 0.3) is 10.9 Å². The number of fused-ring (bicyclic) bond motifs is 1. The molecule has 75 heavy (non-hydrogen) atoms. The Kier molecular flexibility index (Phi) is 24.2. The zero-order valence-electron chi connectivity index (χ0n) is 42.2. The zero-order valence-corrected chi connectivity index (χ0v) is 42.2. The average Bonchev–Trinajstić information content (AvgIpc) is 4.05. The molecule has 0 spiro atoms. The summed E-state index contributed by atoms with van der Waals surface area (Å²) in [4.78, 5) is 136. The number of aliphatic carboxylic acids is 1. The third-order valence-corrected chi connectivity index (χ3v) is 12.0. The molecule has 4 aromatic rings. The normalized spacial score (nSPS) is 13.8. The summed E-state index contributed by atoms with van der Waals surface area (Å²) < 4.78 is 0. The number of carbonyl (C=O) groups excluding carboxylic acids is 8. The van der Waals surface area contributed by atoms with E-state index in [2.05, 4.69) is 57.2 Å². The maximum absolute atomic E-state index is 14.7. The number of para-hydroxylation sites is 1. The number of aliphatic imine (C=N–C) groups is 1. The average molecular weight is 1040 g/mol. The Labute approximate surface area is 433 Å². The van der Waals surface area contributed by atoms with E-state index in [-0.39, 0.29) is 70.4 Å². The van der Waals surface area contributed by atoms with Gasteiger partial charge in [-0.05, 0) is 62.3 Å². The van der Waals surface area contributed by atoms with Crippen LogP contribution < -0.4 is 60.2 Å². The van der Waals surface area contributed by atoms with Gasteiger partial charge in [-0.2, -0.15) is 0 Å². The molecule has 25 heteroatoms. The fourth-order valence-corrected chi connectivity index (χ4v) is 8.09. The van der Waals surface area contributed by atoms with Gasteiger partial charge < -0.3 is 75.2 Å². The first-order valence-corrected chi connectivity index (χ1v) is 24.8. The number of unbranched alkanes of at least 4 members (excludes halogenated alkanes) is 1. The second kappa shape index (κ2) is 30.6. The van der Waals surface area contributed by atoms with E-state index in [0.29, 0.717) is 36.1 Å². The first-order chi connectivity index (χ1) is 35.9. The number of benzene rings is 2. The number of rotatable bonds is 33. The van der Waals surface area contributed by atoms with Crippen LogP contribution in [0.2, 0.25) is 0 Å². The van der Waals surface area contributed by atoms with Crippen molar-refractivity contribution in [2.24, 2.45) is 27.9 Å². The Morgan fingerprint density at radius 1 is 0.613 bits per heavy atom. The van der Waals surface area contributed by atoms with Crippen LogP contribution in [0.15, 0.2) is 78.3 Å². The van der Waals surface area contributed by atoms with Gasteiger partial charge in [-0.1, -0.05) is 68.3 Å². The molecule has 2 aromatic heterocycles. The van der Waals surface area contributed by atoms with Gasteiger partial charge in [0, 0.05) is 68.1 Å². The van der Waals surface area contributed by atoms with Crippen molar-refractivity contribution in [3.63, 3.8) is 0 Å². The van der Waals surface area contributed by atoms with Crippen LogP contribution in [-0.4, -0.2) is 135 Å². The van der Waals surface area contributed by atoms with Crippen LogP contribution in [-0.2, 0) is 62.4 Å². The van der Waals surface area contributed by atoms with E-state index in [1.165, 1.54) is 19.4 Å². The summed E-state index contributed by atoms with van der Waals surface area (Å²) >= 11 is 0. The van der Waals surface area contributed by atoms with Gasteiger partial charge in [-0.15, -0.1) is 0 Å². The number of carboxylic acids is 1. The lowest BCUT2D eigenvalue weighted by Crippen LogP contribution is -2.60. The van der Waals surface area contributed by atoms with Crippen molar-refractivity contribution < 1.29 is 48.3 Å². The molecule has 0 saturated carbocycles. The molecule has 8 amide bonds. The lowest BCUT2D eigenvalue weighted by molar-refractivity contribution is -0.138. The molecule has 2 heterocycles. The Morgan fingerprint density at radius 3 is 1.69 bits per heavy atom. The van der Waals surface area contributed by atoms with Crippen LogP contribution in [0.3, 0.4) is 0 Å². The van der Waals surface area contributed by atoms with Gasteiger partial charge in [0.2, 0.25) is 47.3 Å². The molecule has 0 bridgehead atoms. The highest BCUT2D eigenvalue weighted by molar-refractivity contribution is 5.98. The second-order valence-corrected chi connectivity index (χ2v) is 18.0. The Hall–Kier alpha value is -8.35. The molecule has 4 rings (SSSR count). The lowest BCUT2D eigenvalue weighted by Gasteiger charge is -2.28. The van der Waals surface area contributed by atoms with E-state index < -0.39 is 102 Å². The van der Waals surface area contributed by atoms with Crippen molar-refractivity contribution in [1.82, 2.24) is 52.2 Å². The predicted octanol–water partition coefficient (Wildman–Crippen LogP) is -1.33. The molecule has 0 aliphatic carbocycles. The van der Waals surface area contributed by atoms with E-state index in [1.807, 2.05) is 31.2 Å². The first kappa shape index (κ1) is 59.2. The molecule has 25 nitrogen and oxygen atoms in total. The van der Waals surface area contributed by atoms with Crippen molar-refractivity contribution in [2.75, 3.05) is 13.1 Å². The highest BCUT2D eigenvalue weighted by Gasteiger charge is 2.35. The summed E-state index contributed by atoms with van der Waals surface area (Å²) in [6.07, 6.45) is 5.13. The summed E-state index contributed by atoms with van der Waals surface area (Å²) in [7, 11) is 0. The van der Waals surface area contributed by atoms with Crippen molar-refractivity contribution in [2.45, 2.75) is 133 Å². The number of imidazole rings is 1. The van der Waals surface area contributed by atoms with Crippen LogP contribution >= 0.6 is 0 Å². The number of hydrogen-bond donors (Lipinski definition) is 14. The number of carboxylic acid groups (broad SMARTS) is 1. The number of aromatic amines is 2. The van der Waals surface area contributed by atoms with Gasteiger partial charge >= 0.3 is 5.97 Å². The first-order valence-electron chi connectivity index (χ1n) is 24.8. The molecule has 0 aliphatic rings. The molecule has 18 N–H and O–H groups in total. The minimum Gasteiger partial charge on any atom is -0.481 e. The molecule has 0 unspecified atom stereocenters. The fraction of sp³-hybridized carbons (Fsp3) is 0.460. The number of hydrogen-bond acceptors (Lipinski definition) is 12. The number of carbonyl (C=O) groups is 9. The number of nitrogens with one attached hydrogen (secondary N) is 9. The summed E-state index contributed by atoms with van der Waals surface area (Å²) in [5.74, 6) is -7.76. The molecular weight excluding hydrogens is 971 g/mol. The summed E-state index contributed by atoms with van der Waals surface area (Å²) in [6, 6.07) is 6.65. The number of amides is 8. The van der Waals surface area contributed by atoms with E-state index in [1.54, 1.807) is 36.5 Å². The van der Waals surface area contributed by atoms with E-state index in [9.17, 15) is 48.3 Å². The third kappa shape index (κ3) is 20.2. The van der Waals surface area contributed by atoms with Gasteiger partial charge in [-0.3, -0.25) is 48.1 Å². The van der Waals surface area contributed by atoms with Crippen LogP contribution in [0.1, 0.15) is 88.5 Å². The molecule has 0 radical (unpaired) electrons. The van der Waals surface area contributed by atoms with Crippen molar-refractivity contribution in [3.05, 3.63) is 90.1 Å². The van der Waals surface area contributed by atoms with Crippen molar-refractivity contribution >= 4 is 70.1 Å². The quantitative estimate of drug-likeness (QED) is 0.0149. The van der Waals surface area contributed by atoms with E-state index >= 15 is 0 Å². The van der Waals surface area contributed by atoms with E-state index in [0.717, 1.165) is 10.9 Å². The minimum absolute atomic E-state index is 0.0440. The monoisotopic (exact) mass is 1040 g/mol. The number of H-pyrrole nitrogens is 2. The Balaban J connectivity index is 1.68. The van der Waals surface area contributed by atoms with Crippen molar-refractivity contribution in [1.29, 1.82) is 0 Å². The molecule has 2 aromatic carbocycles. The number of aromatic nitrogens is 3. The molecule has 406 valence electrons. The van der Waals surface area contributed by atoms with Gasteiger partial charge in [0.1, 0.15) is 42.3 Å². The Morgan fingerprint density at radius 2 is 1.13 bits per heavy atom. The minimum atomic E-state index is -1.49. The molecule has 7 atom stereocenters. The summed E-state index contributed by atoms with van der Waals surface area (Å²) in [5.41, 5.74) is 24.8. The SMILES string of the molecule is CCCC[C@H](NC(C)=O)C(=O)N[C@@H](CCC(=O)O)C(=O)N[C@@H](Cc1cnc[nH]1)C(=O)N[C@H](Cc1ccccc1)C(=O)N[C@@H](CCCN=C(N)N)C(=O)N[C@@H](Cc1c[nH]c2ccccc12)C(=O)N[C@@H](CCCN)C(N)=O. The summed E-state index contributed by atoms with van der Waals surface area (Å²) in [6.45, 7) is 3.38. The molecular formula is C50H71N15O10. The number of primary amides is 1. The maximum atomic E-state index is 14.7. The third-order valence-electron chi connectivity index (χ3n) is 12.0. The number of nitrogens with two attached hydrogens (primary N) is 4. The highest BCUT2D eigenvalue weighted by Crippen LogP contribution is 2.20. The number of guanidine groups is 1. The van der Waals surface area contributed by atoms with E-state index in [4.69, 9.17) is 22.9 Å². The summed E-state index contributed by atoms with van der Waals surface area (Å²) in [5, 5.41) is 28.9. The van der Waals surface area contributed by atoms with Crippen LogP contribution in [0.4, 0.5) is 0 Å². The maximum Gasteiger partial charge on any atom is 0.303 e. The molecule has 0 aliphatic heterocycles. The van der Waals surface area contributed by atoms with Crippen LogP contribution in [0, 0.1) is 0 Å². The predicted molar refractivity (Wildman–Crippen MR) is 277 cm³/mol. The van der Waals surface area contributed by atoms with Crippen molar-refractivity contribution in [3.8, 4) is 0 Å². The molecule has 0 fully saturated rings. The number of nitrogens with zero attached hydrogens (tertiary/aromatic N) is 2. The zero-order chi connectivity index (χ0) is 54.9.